The van der Waals surface area contributed by atoms with Crippen LogP contribution in [0.1, 0.15) is 140 Å². The third-order valence-corrected chi connectivity index (χ3v) is 32.6. The first-order valence-corrected chi connectivity index (χ1v) is 51.2. The van der Waals surface area contributed by atoms with Crippen LogP contribution in [0.15, 0.2) is 247 Å². The van der Waals surface area contributed by atoms with Crippen molar-refractivity contribution in [2.45, 2.75) is 177 Å². The second-order valence-corrected chi connectivity index (χ2v) is 43.7. The molecule has 6 aliphatic heterocycles. The number of thioether (sulfide) groups is 3. The fraction of sp³-hybridized carbons (Fsp3) is 0.330. The molecule has 3 aromatic heterocycles. The fourth-order valence-corrected chi connectivity index (χ4v) is 25.1. The summed E-state index contributed by atoms with van der Waals surface area (Å²) in [5.41, 5.74) is 11.5. The van der Waals surface area contributed by atoms with Gasteiger partial charge in [0, 0.05) is 216 Å². The molecule has 702 valence electrons. The third-order valence-electron chi connectivity index (χ3n) is 26.1. The minimum atomic E-state index is -1.16. The summed E-state index contributed by atoms with van der Waals surface area (Å²) in [6, 6.07) is 63.4. The molecule has 9 aromatic carbocycles. The number of ether oxygens (including phenoxy) is 1. The van der Waals surface area contributed by atoms with E-state index >= 15 is 14.4 Å². The second kappa shape index (κ2) is 42.8. The first-order valence-electron chi connectivity index (χ1n) is 45.2. The molecule has 32 heteroatoms. The van der Waals surface area contributed by atoms with E-state index in [9.17, 15) is 28.8 Å². The Kier molecular flexibility index (Phi) is 31.0. The Hall–Kier alpha value is -10.2. The molecule has 0 unspecified atom stereocenters. The molecule has 135 heavy (non-hydrogen) atoms. The van der Waals surface area contributed by atoms with E-state index in [1.807, 2.05) is 276 Å². The number of hydrogen-bond donors (Lipinski definition) is 7. The summed E-state index contributed by atoms with van der Waals surface area (Å²) < 4.78 is 4.93. The maximum absolute atomic E-state index is 15.1. The van der Waals surface area contributed by atoms with Crippen LogP contribution in [0.3, 0.4) is 0 Å². The van der Waals surface area contributed by atoms with Crippen LogP contribution in [0, 0.1) is 20.8 Å². The number of aromatic amines is 3. The number of fused-ring (bicyclic) bond motifs is 3. The number of aryl methyl sites for hydroxylation is 3. The predicted molar refractivity (Wildman–Crippen MR) is 546 cm³/mol. The lowest BCUT2D eigenvalue weighted by atomic mass is 9.89. The Balaban J connectivity index is 0.000000147. The van der Waals surface area contributed by atoms with E-state index in [0.29, 0.717) is 119 Å². The minimum Gasteiger partial charge on any atom is -0.446 e. The molecule has 7 N–H and O–H groups in total. The number of H-pyrrole nitrogens is 3. The van der Waals surface area contributed by atoms with Gasteiger partial charge in [-0.25, -0.2) is 9.59 Å². The number of carbonyl (C=O) groups is 9. The molecule has 10 amide bonds. The van der Waals surface area contributed by atoms with Crippen molar-refractivity contribution in [1.82, 2.24) is 65.6 Å². The lowest BCUT2D eigenvalue weighted by molar-refractivity contribution is -0.137. The number of hydrogen-bond acceptors (Lipinski definition) is 13. The van der Waals surface area contributed by atoms with Gasteiger partial charge in [0.2, 0.25) is 41.4 Å². The van der Waals surface area contributed by atoms with Crippen LogP contribution in [0.4, 0.5) is 9.59 Å². The summed E-state index contributed by atoms with van der Waals surface area (Å²) in [6.45, 7) is 14.0. The van der Waals surface area contributed by atoms with Gasteiger partial charge in [0.15, 0.2) is 0 Å². The largest absolute Gasteiger partial charge is 0.446 e. The number of aromatic nitrogens is 3. The maximum Gasteiger partial charge on any atom is 0.407 e. The Morgan fingerprint density at radius 2 is 0.719 bits per heavy atom. The van der Waals surface area contributed by atoms with Gasteiger partial charge in [-0.3, -0.25) is 33.6 Å². The highest BCUT2D eigenvalue weighted by Gasteiger charge is 2.63. The van der Waals surface area contributed by atoms with Gasteiger partial charge in [-0.05, 0) is 179 Å². The van der Waals surface area contributed by atoms with Crippen molar-refractivity contribution in [2.24, 2.45) is 0 Å². The number of urea groups is 1. The minimum absolute atomic E-state index is 0.0235. The number of amides is 10. The molecule has 6 saturated heterocycles. The van der Waals surface area contributed by atoms with Crippen molar-refractivity contribution < 1.29 is 47.9 Å². The van der Waals surface area contributed by atoms with Crippen molar-refractivity contribution in [3.63, 3.8) is 0 Å². The first kappa shape index (κ1) is 97.9. The smallest absolute Gasteiger partial charge is 0.407 e. The van der Waals surface area contributed by atoms with E-state index in [4.69, 9.17) is 39.5 Å². The molecule has 0 radical (unpaired) electrons. The van der Waals surface area contributed by atoms with Crippen LogP contribution >= 0.6 is 118 Å². The highest BCUT2D eigenvalue weighted by Crippen LogP contribution is 2.59. The molecular weight excluding hydrogens is 2020 g/mol. The van der Waals surface area contributed by atoms with Gasteiger partial charge in [0.1, 0.15) is 20.3 Å². The quantitative estimate of drug-likeness (QED) is 0.0333. The normalized spacial score (nSPS) is 20.6. The molecule has 0 saturated carbocycles. The average molecular weight is 2130 g/mol. The van der Waals surface area contributed by atoms with Gasteiger partial charge in [-0.15, -0.1) is 35.3 Å². The van der Waals surface area contributed by atoms with Crippen LogP contribution in [0.5, 0.6) is 0 Å². The average Bonchev–Trinajstić information content (AvgIpc) is 1.58. The van der Waals surface area contributed by atoms with Crippen molar-refractivity contribution in [3.05, 3.63) is 297 Å². The zero-order valence-electron chi connectivity index (χ0n) is 75.4. The molecule has 0 spiro atoms. The molecule has 6 atom stereocenters. The van der Waals surface area contributed by atoms with Gasteiger partial charge < -0.3 is 70.4 Å². The molecular formula is C103H105Br3Cl3N13O10S3. The highest BCUT2D eigenvalue weighted by atomic mass is 79.9. The number of rotatable bonds is 22. The van der Waals surface area contributed by atoms with E-state index in [-0.39, 0.29) is 84.8 Å². The molecule has 23 nitrogen and oxygen atoms in total. The summed E-state index contributed by atoms with van der Waals surface area (Å²) in [5.74, 6) is -0.493. The zero-order valence-corrected chi connectivity index (χ0v) is 84.9. The van der Waals surface area contributed by atoms with E-state index in [1.54, 1.807) is 0 Å². The molecule has 0 aliphatic carbocycles. The number of piperidine rings is 3. The Morgan fingerprint density at radius 3 is 1.01 bits per heavy atom. The molecule has 9 heterocycles. The molecule has 6 aliphatic rings. The topological polar surface area (TPSA) is 278 Å². The number of carbonyl (C=O) groups excluding carboxylic acids is 9. The fourth-order valence-electron chi connectivity index (χ4n) is 19.4. The van der Waals surface area contributed by atoms with Crippen LogP contribution in [0.25, 0.3) is 32.7 Å². The summed E-state index contributed by atoms with van der Waals surface area (Å²) >= 11 is 34.1. The van der Waals surface area contributed by atoms with Crippen molar-refractivity contribution in [1.29, 1.82) is 0 Å². The molecule has 18 rings (SSSR count). The van der Waals surface area contributed by atoms with Crippen LogP contribution in [0.2, 0.25) is 15.1 Å². The van der Waals surface area contributed by atoms with Crippen molar-refractivity contribution in [2.75, 3.05) is 52.9 Å². The molecule has 0 bridgehead atoms. The van der Waals surface area contributed by atoms with E-state index in [2.05, 4.69) is 84.0 Å². The van der Waals surface area contributed by atoms with Gasteiger partial charge in [0.25, 0.3) is 0 Å². The van der Waals surface area contributed by atoms with Crippen LogP contribution < -0.4 is 21.3 Å². The van der Waals surface area contributed by atoms with Crippen molar-refractivity contribution >= 4 is 204 Å². The summed E-state index contributed by atoms with van der Waals surface area (Å²) in [6.07, 6.45) is 8.86. The number of alkyl carbamates (subject to hydrolysis) is 1. The molecule has 6 fully saturated rings. The standard InChI is InChI=1S/C35H37BrClN5O3S.C34H34BrClN4O4S.C34H34BrClN4O3S/c1-3-38-34(45)40-26-14-16-41(17-15-26)33(44)35(46-27-11-4-22(2)5-12-27)19-31(43)42(21-23-6-8-24(36)9-7-23)32(35)29-20-39-30-18-25(37)10-13-28(29)30;1-21-3-10-26(11-4-21)45-34(32(42)39-15-13-25(14-16-39)44-33(43)37-2)18-30(41)40(20-22-5-7-23(35)8-6-22)31(34)28-19-38-29-17-24(36)9-12-27(28)29;1-21-3-10-27(11-4-21)44-34(33(43)39-15-13-26(14-16-39)38-22(2)41)18-31(42)40(20-23-5-7-24(35)8-6-23)32(34)29-19-37-30-17-25(36)9-12-28(29)30/h4-13,18,20,26,32,39H,3,14-17,19,21H2,1-2H3,(H2,38,40,45);3-12,17,19,25,31,38H,13-16,18,20H2,1-2H3,(H,37,43);3-12,17,19,26,32,37H,13-16,18,20H2,1-2H3,(H,38,41)/t32-,35-;31-,34-;32-,34-/m000/s1. The maximum atomic E-state index is 15.1. The summed E-state index contributed by atoms with van der Waals surface area (Å²) in [4.78, 5) is 148. The van der Waals surface area contributed by atoms with Gasteiger partial charge >= 0.3 is 12.1 Å². The lowest BCUT2D eigenvalue weighted by Crippen LogP contribution is -2.55. The van der Waals surface area contributed by atoms with Gasteiger partial charge in [-0.2, -0.15) is 0 Å². The summed E-state index contributed by atoms with van der Waals surface area (Å²) in [7, 11) is 1.53. The van der Waals surface area contributed by atoms with E-state index < -0.39 is 38.5 Å². The third kappa shape index (κ3) is 22.0. The first-order chi connectivity index (χ1) is 64.9. The van der Waals surface area contributed by atoms with Gasteiger partial charge in [0.05, 0.1) is 37.4 Å². The Bertz CT molecular complexity index is 6380. The van der Waals surface area contributed by atoms with E-state index in [1.165, 1.54) is 49.3 Å². The SMILES string of the molecule is CC(=O)NC1CCN(C(=O)[C@]2(Sc3ccc(C)cc3)CC(=O)N(Cc3ccc(Br)cc3)[C@H]2c2c[nH]c3cc(Cl)ccc23)CC1.CCNC(=O)NC1CCN(C(=O)[C@]2(Sc3ccc(C)cc3)CC(=O)N(Cc3ccc(Br)cc3)[C@H]2c2c[nH]c3cc(Cl)ccc23)CC1.CNC(=O)OC1CCN(C(=O)[C@]2(Sc3ccc(C)cc3)CC(=O)N(Cc3ccc(Br)cc3)[C@H]2c2c[nH]c3cc(Cl)ccc23)CC1. The molecule has 12 aromatic rings. The number of nitrogens with zero attached hydrogens (tertiary/aromatic N) is 6. The lowest BCUT2D eigenvalue weighted by Gasteiger charge is -2.41. The van der Waals surface area contributed by atoms with Crippen LogP contribution in [-0.4, -0.2) is 183 Å². The Morgan fingerprint density at radius 1 is 0.422 bits per heavy atom. The van der Waals surface area contributed by atoms with Crippen molar-refractivity contribution in [3.8, 4) is 0 Å². The number of nitrogens with one attached hydrogen (secondary N) is 7. The predicted octanol–water partition coefficient (Wildman–Crippen LogP) is 21.5. The number of benzene rings is 9. The Labute approximate surface area is 837 Å². The van der Waals surface area contributed by atoms with E-state index in [0.717, 1.165) is 111 Å². The van der Waals surface area contributed by atoms with Gasteiger partial charge in [-0.1, -0.05) is 190 Å². The summed E-state index contributed by atoms with van der Waals surface area (Å²) in [5, 5.41) is 15.9. The monoisotopic (exact) mass is 2120 g/mol. The number of halogens is 6. The van der Waals surface area contributed by atoms with Crippen LogP contribution in [-0.2, 0) is 57.9 Å². The second-order valence-electron chi connectivity index (χ2n) is 35.4. The zero-order chi connectivity index (χ0) is 95.1. The highest BCUT2D eigenvalue weighted by molar-refractivity contribution is 9.11. The number of likely N-dealkylation sites (tertiary alicyclic amines) is 6.